The molecule has 3 aliphatic rings. The summed E-state index contributed by atoms with van der Waals surface area (Å²) in [6, 6.07) is 10.7. The smallest absolute Gasteiger partial charge is 0.348 e. The number of esters is 1. The molecule has 2 aliphatic heterocycles. The number of benzene rings is 1. The van der Waals surface area contributed by atoms with Crippen LogP contribution >= 0.6 is 22.9 Å². The minimum atomic E-state index is -1.10. The maximum Gasteiger partial charge on any atom is 0.348 e. The number of halogens is 1. The number of rotatable bonds is 5. The van der Waals surface area contributed by atoms with Gasteiger partial charge in [-0.3, -0.25) is 0 Å². The van der Waals surface area contributed by atoms with Gasteiger partial charge in [-0.2, -0.15) is 15.2 Å². The molecule has 0 amide bonds. The summed E-state index contributed by atoms with van der Waals surface area (Å²) in [5, 5.41) is 22.0. The maximum absolute atomic E-state index is 12.1. The Bertz CT molecular complexity index is 1560. The Kier molecular flexibility index (Phi) is 6.10. The number of aliphatic hydroxyl groups excluding tert-OH is 1. The van der Waals surface area contributed by atoms with Crippen molar-refractivity contribution in [2.45, 2.75) is 38.1 Å². The Morgan fingerprint density at radius 3 is 2.82 bits per heavy atom. The van der Waals surface area contributed by atoms with Crippen molar-refractivity contribution in [2.75, 3.05) is 30.0 Å². The van der Waals surface area contributed by atoms with E-state index >= 15 is 0 Å². The molecule has 200 valence electrons. The van der Waals surface area contributed by atoms with Crippen LogP contribution in [0.3, 0.4) is 0 Å². The van der Waals surface area contributed by atoms with Gasteiger partial charge in [-0.1, -0.05) is 17.7 Å². The van der Waals surface area contributed by atoms with Gasteiger partial charge in [-0.25, -0.2) is 9.79 Å². The SMILES string of the molecule is COC(=O)c1ccc(CN2C([C@@H]3CC4(CC4)CN3c3nc(N)nc(N)c3C#N)=Nc3cccc(Cl)c3[C@@H]2O)s1. The molecule has 2 aromatic heterocycles. The zero-order valence-corrected chi connectivity index (χ0v) is 22.5. The van der Waals surface area contributed by atoms with Crippen LogP contribution in [0.4, 0.5) is 23.3 Å². The standard InChI is InChI=1S/C26H25ClN8O3S/c1-38-24(37)18-6-5-13(39-18)11-34-22(31-16-4-2-3-15(27)19(16)23(34)36)17-9-26(7-8-26)12-35(17)21-14(10-28)20(29)32-25(30)33-21/h2-6,17,23,36H,7-9,11-12H2,1H3,(H4,29,30,32,33)/t17-,23-/m0/s1. The van der Waals surface area contributed by atoms with Crippen molar-refractivity contribution in [1.29, 1.82) is 5.26 Å². The van der Waals surface area contributed by atoms with Crippen molar-refractivity contribution < 1.29 is 14.6 Å². The number of methoxy groups -OCH3 is 1. The molecule has 0 bridgehead atoms. The Labute approximate surface area is 233 Å². The highest BCUT2D eigenvalue weighted by Crippen LogP contribution is 2.57. The van der Waals surface area contributed by atoms with Gasteiger partial charge in [0.15, 0.2) is 12.0 Å². The van der Waals surface area contributed by atoms with E-state index in [4.69, 9.17) is 32.8 Å². The van der Waals surface area contributed by atoms with Crippen molar-refractivity contribution in [1.82, 2.24) is 14.9 Å². The van der Waals surface area contributed by atoms with Crippen molar-refractivity contribution in [2.24, 2.45) is 10.4 Å². The Morgan fingerprint density at radius 2 is 2.10 bits per heavy atom. The quantitative estimate of drug-likeness (QED) is 0.389. The van der Waals surface area contributed by atoms with Crippen LogP contribution in [0.5, 0.6) is 0 Å². The predicted molar refractivity (Wildman–Crippen MR) is 148 cm³/mol. The third kappa shape index (κ3) is 4.32. The average Bonchev–Trinajstić information content (AvgIpc) is 3.32. The van der Waals surface area contributed by atoms with Crippen molar-refractivity contribution in [3.05, 3.63) is 56.2 Å². The van der Waals surface area contributed by atoms with Crippen LogP contribution in [0.15, 0.2) is 35.3 Å². The lowest BCUT2D eigenvalue weighted by Crippen LogP contribution is -2.48. The largest absolute Gasteiger partial charge is 0.465 e. The van der Waals surface area contributed by atoms with Gasteiger partial charge in [0.25, 0.3) is 0 Å². The third-order valence-corrected chi connectivity index (χ3v) is 8.95. The van der Waals surface area contributed by atoms with Gasteiger partial charge in [0.05, 0.1) is 30.4 Å². The molecule has 5 N–H and O–H groups in total. The number of amidine groups is 1. The maximum atomic E-state index is 12.1. The van der Waals surface area contributed by atoms with E-state index in [2.05, 4.69) is 16.0 Å². The molecule has 39 heavy (non-hydrogen) atoms. The molecule has 6 rings (SSSR count). The van der Waals surface area contributed by atoms with Gasteiger partial charge in [-0.05, 0) is 48.9 Å². The molecule has 1 spiro atoms. The molecule has 2 atom stereocenters. The number of nitrogens with zero attached hydrogens (tertiary/aromatic N) is 6. The summed E-state index contributed by atoms with van der Waals surface area (Å²) in [5.41, 5.74) is 13.3. The molecule has 1 saturated carbocycles. The number of aromatic nitrogens is 2. The van der Waals surface area contributed by atoms with Crippen molar-refractivity contribution in [3.8, 4) is 6.07 Å². The van der Waals surface area contributed by atoms with E-state index in [0.29, 0.717) is 39.3 Å². The molecule has 0 radical (unpaired) electrons. The van der Waals surface area contributed by atoms with Gasteiger partial charge >= 0.3 is 5.97 Å². The lowest BCUT2D eigenvalue weighted by atomic mass is 10.00. The van der Waals surface area contributed by atoms with E-state index in [0.717, 1.165) is 24.1 Å². The van der Waals surface area contributed by atoms with E-state index in [1.165, 1.54) is 18.4 Å². The minimum Gasteiger partial charge on any atom is -0.465 e. The van der Waals surface area contributed by atoms with Gasteiger partial charge in [0, 0.05) is 17.0 Å². The first-order valence-corrected chi connectivity index (χ1v) is 13.5. The van der Waals surface area contributed by atoms with E-state index in [-0.39, 0.29) is 35.3 Å². The van der Waals surface area contributed by atoms with Crippen LogP contribution in [0.25, 0.3) is 0 Å². The van der Waals surface area contributed by atoms with E-state index in [1.807, 2.05) is 17.0 Å². The second-order valence-electron chi connectivity index (χ2n) is 10.0. The summed E-state index contributed by atoms with van der Waals surface area (Å²) in [5.74, 6) is 0.533. The summed E-state index contributed by atoms with van der Waals surface area (Å²) in [6.07, 6.45) is 1.71. The van der Waals surface area contributed by atoms with Crippen LogP contribution in [-0.2, 0) is 11.3 Å². The summed E-state index contributed by atoms with van der Waals surface area (Å²) in [4.78, 5) is 30.6. The fourth-order valence-corrected chi connectivity index (χ4v) is 6.66. The summed E-state index contributed by atoms with van der Waals surface area (Å²) >= 11 is 7.81. The van der Waals surface area contributed by atoms with Crippen LogP contribution in [0.1, 0.15) is 51.2 Å². The molecule has 2 fully saturated rings. The summed E-state index contributed by atoms with van der Waals surface area (Å²) < 4.78 is 4.86. The fraction of sp³-hybridized carbons (Fsp3) is 0.346. The highest BCUT2D eigenvalue weighted by Gasteiger charge is 2.55. The molecular weight excluding hydrogens is 540 g/mol. The van der Waals surface area contributed by atoms with E-state index in [9.17, 15) is 15.2 Å². The molecule has 0 unspecified atom stereocenters. The first-order chi connectivity index (χ1) is 18.7. The summed E-state index contributed by atoms with van der Waals surface area (Å²) in [6.45, 7) is 0.905. The highest BCUT2D eigenvalue weighted by molar-refractivity contribution is 7.13. The average molecular weight is 565 g/mol. The zero-order valence-electron chi connectivity index (χ0n) is 21.0. The van der Waals surface area contributed by atoms with Gasteiger partial charge in [0.2, 0.25) is 5.95 Å². The number of carbonyl (C=O) groups is 1. The number of aliphatic imine (C=N–C) groups is 1. The van der Waals surface area contributed by atoms with Crippen molar-refractivity contribution >= 4 is 58.0 Å². The number of aliphatic hydroxyl groups is 1. The first-order valence-electron chi connectivity index (χ1n) is 12.3. The number of ether oxygens (including phenoxy) is 1. The molecule has 4 heterocycles. The van der Waals surface area contributed by atoms with Gasteiger partial charge < -0.3 is 31.1 Å². The second kappa shape index (κ2) is 9.37. The lowest BCUT2D eigenvalue weighted by molar-refractivity contribution is 0.0437. The number of nitrogens with two attached hydrogens (primary N) is 2. The van der Waals surface area contributed by atoms with E-state index in [1.54, 1.807) is 23.1 Å². The van der Waals surface area contributed by atoms with E-state index < -0.39 is 12.2 Å². The normalized spacial score (nSPS) is 20.9. The highest BCUT2D eigenvalue weighted by atomic mass is 35.5. The monoisotopic (exact) mass is 564 g/mol. The Hall–Kier alpha value is -3.92. The number of carbonyl (C=O) groups excluding carboxylic acids is 1. The number of hydrogen-bond donors (Lipinski definition) is 3. The van der Waals surface area contributed by atoms with Crippen LogP contribution in [0.2, 0.25) is 5.02 Å². The third-order valence-electron chi connectivity index (χ3n) is 7.57. The van der Waals surface area contributed by atoms with Gasteiger partial charge in [-0.15, -0.1) is 11.3 Å². The molecule has 11 nitrogen and oxygen atoms in total. The first kappa shape index (κ1) is 25.4. The Morgan fingerprint density at radius 1 is 1.31 bits per heavy atom. The second-order valence-corrected chi connectivity index (χ2v) is 11.6. The topological polar surface area (TPSA) is 167 Å². The minimum absolute atomic E-state index is 0.0176. The number of thiophene rings is 1. The molecular formula is C26H25ClN8O3S. The number of anilines is 3. The molecule has 3 aromatic rings. The number of fused-ring (bicyclic) bond motifs is 1. The molecule has 1 saturated heterocycles. The number of hydrogen-bond acceptors (Lipinski definition) is 12. The predicted octanol–water partition coefficient (Wildman–Crippen LogP) is 3.61. The van der Waals surface area contributed by atoms with Crippen molar-refractivity contribution in [3.63, 3.8) is 0 Å². The van der Waals surface area contributed by atoms with Crippen LogP contribution in [0, 0.1) is 16.7 Å². The van der Waals surface area contributed by atoms with Crippen LogP contribution in [-0.4, -0.2) is 51.5 Å². The lowest BCUT2D eigenvalue weighted by Gasteiger charge is -2.40. The van der Waals surface area contributed by atoms with Gasteiger partial charge in [0.1, 0.15) is 28.2 Å². The molecule has 1 aliphatic carbocycles. The molecule has 13 heteroatoms. The number of nitriles is 1. The zero-order chi connectivity index (χ0) is 27.5. The molecule has 1 aromatic carbocycles. The fourth-order valence-electron chi connectivity index (χ4n) is 5.47. The van der Waals surface area contributed by atoms with Crippen LogP contribution < -0.4 is 16.4 Å². The summed E-state index contributed by atoms with van der Waals surface area (Å²) in [7, 11) is 1.34. The Balaban J connectivity index is 1.47. The number of nitrogen functional groups attached to an aromatic ring is 2.